The van der Waals surface area contributed by atoms with Gasteiger partial charge in [0.15, 0.2) is 0 Å². The number of ether oxygens (including phenoxy) is 1. The van der Waals surface area contributed by atoms with Crippen molar-refractivity contribution in [3.63, 3.8) is 0 Å². The number of amides is 1. The first kappa shape index (κ1) is 22.9. The standard InChI is InChI=1S/C21H40N2O3/c1-3-5-6-7-8-9-10-11-12-13-19-26-21(25)15-18-23-20(24)14-17-22(23)16-4-2/h3-19H2,1-2H3. The summed E-state index contributed by atoms with van der Waals surface area (Å²) in [5, 5.41) is 3.78. The van der Waals surface area contributed by atoms with Crippen LogP contribution in [-0.4, -0.2) is 48.1 Å². The lowest BCUT2D eigenvalue weighted by Gasteiger charge is -2.27. The van der Waals surface area contributed by atoms with E-state index in [1.807, 2.05) is 0 Å². The van der Waals surface area contributed by atoms with Gasteiger partial charge in [-0.3, -0.25) is 14.6 Å². The largest absolute Gasteiger partial charge is 0.466 e. The minimum absolute atomic E-state index is 0.126. The lowest BCUT2D eigenvalue weighted by Crippen LogP contribution is -2.40. The SMILES string of the molecule is CCCCCCCCCCCCOC(=O)CCN1C(=O)CCN1CCC. The van der Waals surface area contributed by atoms with Crippen molar-refractivity contribution in [2.24, 2.45) is 0 Å². The lowest BCUT2D eigenvalue weighted by atomic mass is 10.1. The summed E-state index contributed by atoms with van der Waals surface area (Å²) in [5.74, 6) is -0.0574. The third-order valence-corrected chi connectivity index (χ3v) is 4.98. The molecule has 0 aromatic rings. The van der Waals surface area contributed by atoms with Gasteiger partial charge in [0.2, 0.25) is 5.91 Å². The molecule has 0 saturated carbocycles. The molecule has 0 radical (unpaired) electrons. The van der Waals surface area contributed by atoms with Crippen molar-refractivity contribution in [1.29, 1.82) is 0 Å². The Hall–Kier alpha value is -1.10. The molecule has 0 bridgehead atoms. The van der Waals surface area contributed by atoms with E-state index in [-0.39, 0.29) is 11.9 Å². The molecular formula is C21H40N2O3. The van der Waals surface area contributed by atoms with E-state index in [1.165, 1.54) is 51.4 Å². The van der Waals surface area contributed by atoms with Gasteiger partial charge in [-0.1, -0.05) is 71.6 Å². The van der Waals surface area contributed by atoms with Crippen LogP contribution in [0.25, 0.3) is 0 Å². The molecule has 5 nitrogen and oxygen atoms in total. The van der Waals surface area contributed by atoms with Crippen LogP contribution in [0.2, 0.25) is 0 Å². The molecule has 1 amide bonds. The van der Waals surface area contributed by atoms with Crippen LogP contribution < -0.4 is 0 Å². The van der Waals surface area contributed by atoms with Crippen LogP contribution in [0.15, 0.2) is 0 Å². The van der Waals surface area contributed by atoms with Gasteiger partial charge in [-0.25, -0.2) is 5.01 Å². The minimum atomic E-state index is -0.183. The average Bonchev–Trinajstić information content (AvgIpc) is 2.98. The van der Waals surface area contributed by atoms with Crippen LogP contribution in [-0.2, 0) is 14.3 Å². The summed E-state index contributed by atoms with van der Waals surface area (Å²) in [6.07, 6.45) is 14.6. The molecule has 0 aromatic carbocycles. The van der Waals surface area contributed by atoms with Crippen LogP contribution in [0.1, 0.15) is 97.3 Å². The first-order valence-corrected chi connectivity index (χ1v) is 10.9. The number of hydrogen-bond acceptors (Lipinski definition) is 4. The summed E-state index contributed by atoms with van der Waals surface area (Å²) in [7, 11) is 0. The molecule has 26 heavy (non-hydrogen) atoms. The normalized spacial score (nSPS) is 15.0. The maximum atomic E-state index is 11.9. The van der Waals surface area contributed by atoms with Crippen molar-refractivity contribution in [3.05, 3.63) is 0 Å². The molecule has 1 saturated heterocycles. The van der Waals surface area contributed by atoms with E-state index in [0.29, 0.717) is 26.0 Å². The smallest absolute Gasteiger partial charge is 0.307 e. The first-order chi connectivity index (χ1) is 12.7. The van der Waals surface area contributed by atoms with Crippen molar-refractivity contribution in [2.75, 3.05) is 26.2 Å². The molecule has 1 aliphatic heterocycles. The van der Waals surface area contributed by atoms with Crippen LogP contribution in [0.5, 0.6) is 0 Å². The van der Waals surface area contributed by atoms with E-state index >= 15 is 0 Å². The highest BCUT2D eigenvalue weighted by atomic mass is 16.5. The Bertz CT molecular complexity index is 387. The summed E-state index contributed by atoms with van der Waals surface area (Å²) >= 11 is 0. The topological polar surface area (TPSA) is 49.9 Å². The van der Waals surface area contributed by atoms with E-state index < -0.39 is 0 Å². The molecule has 0 aliphatic carbocycles. The predicted molar refractivity (Wildman–Crippen MR) is 106 cm³/mol. The second kappa shape index (κ2) is 15.0. The third-order valence-electron chi connectivity index (χ3n) is 4.98. The number of unbranched alkanes of at least 4 members (excludes halogenated alkanes) is 9. The molecular weight excluding hydrogens is 328 g/mol. The lowest BCUT2D eigenvalue weighted by molar-refractivity contribution is -0.147. The zero-order valence-corrected chi connectivity index (χ0v) is 17.1. The van der Waals surface area contributed by atoms with Gasteiger partial charge in [0, 0.05) is 26.1 Å². The van der Waals surface area contributed by atoms with Gasteiger partial charge < -0.3 is 4.74 Å². The predicted octanol–water partition coefficient (Wildman–Crippen LogP) is 4.70. The van der Waals surface area contributed by atoms with Gasteiger partial charge in [-0.2, -0.15) is 0 Å². The molecule has 1 aliphatic rings. The molecule has 1 heterocycles. The Balaban J connectivity index is 1.94. The van der Waals surface area contributed by atoms with Crippen LogP contribution in [0.4, 0.5) is 0 Å². The summed E-state index contributed by atoms with van der Waals surface area (Å²) in [5.41, 5.74) is 0. The number of rotatable bonds is 16. The molecule has 0 spiro atoms. The fourth-order valence-corrected chi connectivity index (χ4v) is 3.43. The fraction of sp³-hybridized carbons (Fsp3) is 0.905. The molecule has 0 N–H and O–H groups in total. The highest BCUT2D eigenvalue weighted by Crippen LogP contribution is 2.13. The number of nitrogens with zero attached hydrogens (tertiary/aromatic N) is 2. The molecule has 1 rings (SSSR count). The summed E-state index contributed by atoms with van der Waals surface area (Å²) in [6, 6.07) is 0. The van der Waals surface area contributed by atoms with E-state index in [9.17, 15) is 9.59 Å². The Labute approximate surface area is 160 Å². The van der Waals surface area contributed by atoms with Crippen molar-refractivity contribution in [3.8, 4) is 0 Å². The van der Waals surface area contributed by atoms with Gasteiger partial charge in [0.25, 0.3) is 0 Å². The zero-order chi connectivity index (χ0) is 19.0. The quantitative estimate of drug-likeness (QED) is 0.293. The Kier molecular flexibility index (Phi) is 13.2. The van der Waals surface area contributed by atoms with Crippen molar-refractivity contribution in [1.82, 2.24) is 10.0 Å². The monoisotopic (exact) mass is 368 g/mol. The van der Waals surface area contributed by atoms with Crippen LogP contribution in [0.3, 0.4) is 0 Å². The highest BCUT2D eigenvalue weighted by Gasteiger charge is 2.28. The number of hydrogen-bond donors (Lipinski definition) is 0. The van der Waals surface area contributed by atoms with Crippen molar-refractivity contribution in [2.45, 2.75) is 97.3 Å². The van der Waals surface area contributed by atoms with Gasteiger partial charge in [0.05, 0.1) is 13.0 Å². The second-order valence-electron chi connectivity index (χ2n) is 7.37. The molecule has 0 unspecified atom stereocenters. The number of carbonyl (C=O) groups excluding carboxylic acids is 2. The zero-order valence-electron chi connectivity index (χ0n) is 17.1. The molecule has 5 heteroatoms. The van der Waals surface area contributed by atoms with Crippen LogP contribution >= 0.6 is 0 Å². The maximum Gasteiger partial charge on any atom is 0.307 e. The van der Waals surface area contributed by atoms with Gasteiger partial charge in [0.1, 0.15) is 0 Å². The second-order valence-corrected chi connectivity index (χ2v) is 7.37. The maximum absolute atomic E-state index is 11.9. The van der Waals surface area contributed by atoms with Gasteiger partial charge >= 0.3 is 5.97 Å². The number of hydrazine groups is 1. The van der Waals surface area contributed by atoms with E-state index in [4.69, 9.17) is 4.74 Å². The van der Waals surface area contributed by atoms with E-state index in [2.05, 4.69) is 18.9 Å². The van der Waals surface area contributed by atoms with Crippen LogP contribution in [0, 0.1) is 0 Å². The molecule has 0 atom stereocenters. The van der Waals surface area contributed by atoms with Crippen molar-refractivity contribution >= 4 is 11.9 Å². The highest BCUT2D eigenvalue weighted by molar-refractivity contribution is 5.78. The molecule has 0 aromatic heterocycles. The summed E-state index contributed by atoms with van der Waals surface area (Å²) < 4.78 is 5.31. The van der Waals surface area contributed by atoms with Gasteiger partial charge in [-0.05, 0) is 12.8 Å². The minimum Gasteiger partial charge on any atom is -0.466 e. The molecule has 152 valence electrons. The van der Waals surface area contributed by atoms with E-state index in [0.717, 1.165) is 32.4 Å². The Morgan fingerprint density at radius 3 is 2.12 bits per heavy atom. The van der Waals surface area contributed by atoms with Crippen molar-refractivity contribution < 1.29 is 14.3 Å². The Morgan fingerprint density at radius 1 is 0.885 bits per heavy atom. The summed E-state index contributed by atoms with van der Waals surface area (Å²) in [6.45, 7) is 6.97. The fourth-order valence-electron chi connectivity index (χ4n) is 3.43. The number of esters is 1. The average molecular weight is 369 g/mol. The first-order valence-electron chi connectivity index (χ1n) is 10.9. The van der Waals surface area contributed by atoms with E-state index in [1.54, 1.807) is 5.01 Å². The molecule has 1 fully saturated rings. The van der Waals surface area contributed by atoms with Gasteiger partial charge in [-0.15, -0.1) is 0 Å². The summed E-state index contributed by atoms with van der Waals surface area (Å²) in [4.78, 5) is 23.7. The Morgan fingerprint density at radius 2 is 1.50 bits per heavy atom. The number of carbonyl (C=O) groups is 2. The third kappa shape index (κ3) is 10.1.